The van der Waals surface area contributed by atoms with E-state index in [1.165, 1.54) is 11.3 Å². The molecule has 2 heterocycles. The fraction of sp³-hybridized carbons (Fsp3) is 0.188. The summed E-state index contributed by atoms with van der Waals surface area (Å²) in [6, 6.07) is 8.96. The SMILES string of the molecule is CCC(=O)c1ccc(OCc2nc(-c3cc(Br)cs3)no2)cc1. The normalized spacial score (nSPS) is 10.7. The Labute approximate surface area is 145 Å². The summed E-state index contributed by atoms with van der Waals surface area (Å²) >= 11 is 4.93. The molecule has 3 rings (SSSR count). The molecule has 0 aliphatic heterocycles. The van der Waals surface area contributed by atoms with Gasteiger partial charge in [-0.15, -0.1) is 11.3 Å². The monoisotopic (exact) mass is 392 g/mol. The standard InChI is InChI=1S/C16H13BrN2O3S/c1-2-13(20)10-3-5-12(6-4-10)21-8-15-18-16(19-22-15)14-7-11(17)9-23-14/h3-7,9H,2,8H2,1H3. The quantitative estimate of drug-likeness (QED) is 0.567. The average molecular weight is 393 g/mol. The minimum Gasteiger partial charge on any atom is -0.484 e. The summed E-state index contributed by atoms with van der Waals surface area (Å²) in [7, 11) is 0. The molecule has 0 saturated heterocycles. The third-order valence-electron chi connectivity index (χ3n) is 3.12. The first kappa shape index (κ1) is 15.9. The van der Waals surface area contributed by atoms with Crippen molar-refractivity contribution in [3.63, 3.8) is 0 Å². The third-order valence-corrected chi connectivity index (χ3v) is 4.80. The lowest BCUT2D eigenvalue weighted by molar-refractivity contribution is 0.0988. The number of carbonyl (C=O) groups is 1. The molecule has 5 nitrogen and oxygen atoms in total. The van der Waals surface area contributed by atoms with Gasteiger partial charge in [-0.3, -0.25) is 4.79 Å². The maximum absolute atomic E-state index is 11.6. The van der Waals surface area contributed by atoms with Gasteiger partial charge in [0.15, 0.2) is 12.4 Å². The first-order valence-electron chi connectivity index (χ1n) is 6.98. The van der Waals surface area contributed by atoms with Gasteiger partial charge in [-0.2, -0.15) is 4.98 Å². The maximum atomic E-state index is 11.6. The van der Waals surface area contributed by atoms with Crippen molar-refractivity contribution >= 4 is 33.0 Å². The lowest BCUT2D eigenvalue weighted by Crippen LogP contribution is -1.98. The molecule has 3 aromatic rings. The van der Waals surface area contributed by atoms with E-state index in [0.29, 0.717) is 29.4 Å². The van der Waals surface area contributed by atoms with E-state index in [0.717, 1.165) is 9.35 Å². The zero-order valence-corrected chi connectivity index (χ0v) is 14.7. The van der Waals surface area contributed by atoms with E-state index in [4.69, 9.17) is 9.26 Å². The van der Waals surface area contributed by atoms with Crippen LogP contribution in [0.5, 0.6) is 5.75 Å². The van der Waals surface area contributed by atoms with Gasteiger partial charge in [-0.25, -0.2) is 0 Å². The van der Waals surface area contributed by atoms with Crippen LogP contribution in [0.3, 0.4) is 0 Å². The van der Waals surface area contributed by atoms with Crippen LogP contribution in [0.2, 0.25) is 0 Å². The summed E-state index contributed by atoms with van der Waals surface area (Å²) in [5, 5.41) is 5.90. The van der Waals surface area contributed by atoms with Crippen LogP contribution in [0.25, 0.3) is 10.7 Å². The molecule has 0 fully saturated rings. The van der Waals surface area contributed by atoms with Crippen LogP contribution in [0, 0.1) is 0 Å². The highest BCUT2D eigenvalue weighted by molar-refractivity contribution is 9.10. The molecule has 7 heteroatoms. The Kier molecular flexibility index (Phi) is 4.88. The summed E-state index contributed by atoms with van der Waals surface area (Å²) in [6.45, 7) is 2.02. The number of benzene rings is 1. The topological polar surface area (TPSA) is 65.2 Å². The molecule has 0 radical (unpaired) electrons. The smallest absolute Gasteiger partial charge is 0.264 e. The Morgan fingerprint density at radius 3 is 2.78 bits per heavy atom. The second kappa shape index (κ2) is 7.06. The predicted molar refractivity (Wildman–Crippen MR) is 90.7 cm³/mol. The molecule has 118 valence electrons. The second-order valence-electron chi connectivity index (χ2n) is 4.73. The summed E-state index contributed by atoms with van der Waals surface area (Å²) in [5.41, 5.74) is 0.684. The molecule has 0 spiro atoms. The molecule has 0 unspecified atom stereocenters. The molecule has 0 bridgehead atoms. The number of nitrogens with zero attached hydrogens (tertiary/aromatic N) is 2. The van der Waals surface area contributed by atoms with Crippen LogP contribution in [0.1, 0.15) is 29.6 Å². The van der Waals surface area contributed by atoms with Crippen molar-refractivity contribution in [2.45, 2.75) is 20.0 Å². The molecule has 0 aliphatic carbocycles. The van der Waals surface area contributed by atoms with Crippen molar-refractivity contribution in [2.75, 3.05) is 0 Å². The van der Waals surface area contributed by atoms with Crippen LogP contribution < -0.4 is 4.74 Å². The highest BCUT2D eigenvalue weighted by Crippen LogP contribution is 2.27. The number of thiophene rings is 1. The summed E-state index contributed by atoms with van der Waals surface area (Å²) in [4.78, 5) is 16.8. The Morgan fingerprint density at radius 2 is 2.13 bits per heavy atom. The number of hydrogen-bond acceptors (Lipinski definition) is 6. The van der Waals surface area contributed by atoms with Gasteiger partial charge in [0.05, 0.1) is 4.88 Å². The van der Waals surface area contributed by atoms with Gasteiger partial charge in [-0.05, 0) is 46.3 Å². The first-order valence-corrected chi connectivity index (χ1v) is 8.66. The maximum Gasteiger partial charge on any atom is 0.264 e. The average Bonchev–Trinajstić information content (AvgIpc) is 3.21. The number of ketones is 1. The summed E-state index contributed by atoms with van der Waals surface area (Å²) in [6.07, 6.45) is 0.490. The van der Waals surface area contributed by atoms with Crippen molar-refractivity contribution in [3.05, 3.63) is 51.6 Å². The Bertz CT molecular complexity index is 811. The Morgan fingerprint density at radius 1 is 1.35 bits per heavy atom. The molecule has 0 N–H and O–H groups in total. The minimum atomic E-state index is 0.111. The van der Waals surface area contributed by atoms with Crippen molar-refractivity contribution in [3.8, 4) is 16.5 Å². The lowest BCUT2D eigenvalue weighted by Gasteiger charge is -2.03. The third kappa shape index (κ3) is 3.86. The molecule has 2 aromatic heterocycles. The van der Waals surface area contributed by atoms with Crippen molar-refractivity contribution in [2.24, 2.45) is 0 Å². The largest absolute Gasteiger partial charge is 0.484 e. The number of ether oxygens (including phenoxy) is 1. The summed E-state index contributed by atoms with van der Waals surface area (Å²) in [5.74, 6) is 1.71. The summed E-state index contributed by atoms with van der Waals surface area (Å²) < 4.78 is 11.8. The fourth-order valence-corrected chi connectivity index (χ4v) is 3.28. The number of halogens is 1. The van der Waals surface area contributed by atoms with Gasteiger partial charge in [-0.1, -0.05) is 12.1 Å². The Hall–Kier alpha value is -1.99. The van der Waals surface area contributed by atoms with Crippen LogP contribution >= 0.6 is 27.3 Å². The molecule has 1 aromatic carbocycles. The van der Waals surface area contributed by atoms with E-state index in [9.17, 15) is 4.79 Å². The predicted octanol–water partition coefficient (Wildman–Crippen LogP) is 4.73. The van der Waals surface area contributed by atoms with Crippen LogP contribution in [0.15, 0.2) is 44.7 Å². The van der Waals surface area contributed by atoms with Crippen LogP contribution in [0.4, 0.5) is 0 Å². The van der Waals surface area contributed by atoms with Crippen LogP contribution in [-0.4, -0.2) is 15.9 Å². The van der Waals surface area contributed by atoms with Gasteiger partial charge in [0, 0.05) is 21.8 Å². The zero-order chi connectivity index (χ0) is 16.2. The van der Waals surface area contributed by atoms with E-state index < -0.39 is 0 Å². The molecule has 0 amide bonds. The first-order chi connectivity index (χ1) is 11.2. The van der Waals surface area contributed by atoms with Gasteiger partial charge in [0.25, 0.3) is 5.89 Å². The van der Waals surface area contributed by atoms with Crippen molar-refractivity contribution in [1.29, 1.82) is 0 Å². The van der Waals surface area contributed by atoms with E-state index in [-0.39, 0.29) is 12.4 Å². The van der Waals surface area contributed by atoms with Gasteiger partial charge >= 0.3 is 0 Å². The molecule has 0 saturated carbocycles. The molecular weight excluding hydrogens is 380 g/mol. The van der Waals surface area contributed by atoms with Crippen molar-refractivity contribution in [1.82, 2.24) is 10.1 Å². The number of hydrogen-bond donors (Lipinski definition) is 0. The highest BCUT2D eigenvalue weighted by Gasteiger charge is 2.11. The zero-order valence-electron chi connectivity index (χ0n) is 12.3. The molecular formula is C16H13BrN2O3S. The fourth-order valence-electron chi connectivity index (χ4n) is 1.93. The number of carbonyl (C=O) groups excluding carboxylic acids is 1. The van der Waals surface area contributed by atoms with E-state index in [1.54, 1.807) is 24.3 Å². The lowest BCUT2D eigenvalue weighted by atomic mass is 10.1. The minimum absolute atomic E-state index is 0.111. The van der Waals surface area contributed by atoms with Crippen molar-refractivity contribution < 1.29 is 14.1 Å². The molecule has 0 aliphatic rings. The Balaban J connectivity index is 1.62. The number of rotatable bonds is 6. The molecule has 0 atom stereocenters. The number of aromatic nitrogens is 2. The van der Waals surface area contributed by atoms with Gasteiger partial charge in [0.1, 0.15) is 5.75 Å². The highest BCUT2D eigenvalue weighted by atomic mass is 79.9. The van der Waals surface area contributed by atoms with Gasteiger partial charge in [0.2, 0.25) is 5.82 Å². The van der Waals surface area contributed by atoms with E-state index >= 15 is 0 Å². The molecule has 23 heavy (non-hydrogen) atoms. The van der Waals surface area contributed by atoms with Crippen LogP contribution in [-0.2, 0) is 6.61 Å². The van der Waals surface area contributed by atoms with E-state index in [2.05, 4.69) is 26.1 Å². The van der Waals surface area contributed by atoms with Gasteiger partial charge < -0.3 is 9.26 Å². The second-order valence-corrected chi connectivity index (χ2v) is 6.56. The number of Topliss-reactive ketones (excluding diaryl/α,β-unsaturated/α-hetero) is 1. The van der Waals surface area contributed by atoms with E-state index in [1.807, 2.05) is 18.4 Å².